The van der Waals surface area contributed by atoms with Gasteiger partial charge in [0.15, 0.2) is 0 Å². The van der Waals surface area contributed by atoms with Crippen LogP contribution >= 0.6 is 11.6 Å². The van der Waals surface area contributed by atoms with E-state index in [4.69, 9.17) is 11.6 Å². The number of benzene rings is 2. The molecule has 0 amide bonds. The van der Waals surface area contributed by atoms with Crippen molar-refractivity contribution >= 4 is 11.6 Å². The van der Waals surface area contributed by atoms with Gasteiger partial charge in [-0.25, -0.2) is 0 Å². The highest BCUT2D eigenvalue weighted by molar-refractivity contribution is 6.30. The lowest BCUT2D eigenvalue weighted by Crippen LogP contribution is -2.45. The van der Waals surface area contributed by atoms with Gasteiger partial charge in [0.1, 0.15) is 0 Å². The molecule has 2 aromatic carbocycles. The van der Waals surface area contributed by atoms with Crippen LogP contribution in [-0.2, 0) is 12.8 Å². The van der Waals surface area contributed by atoms with Gasteiger partial charge in [-0.15, -0.1) is 0 Å². The molecular weight excluding hydrogens is 290 g/mol. The van der Waals surface area contributed by atoms with Gasteiger partial charge in [-0.3, -0.25) is 0 Å². The monoisotopic (exact) mass is 311 g/mol. The maximum Gasteiger partial charge on any atom is 0.0406 e. The molecule has 114 valence electrons. The standard InChI is InChI=1S/C20H22ClN/c21-17-9-5-14(6-10-17)11-18-12-16-8-7-15-3-1-2-4-19(15)20(16)13-22-18/h1-6,9-10,16,18,20,22H,7-8,11-13H2. The van der Waals surface area contributed by atoms with E-state index in [1.54, 1.807) is 11.1 Å². The Balaban J connectivity index is 1.46. The molecule has 0 bridgehead atoms. The molecule has 0 radical (unpaired) electrons. The molecule has 3 atom stereocenters. The summed E-state index contributed by atoms with van der Waals surface area (Å²) in [7, 11) is 0. The van der Waals surface area contributed by atoms with Crippen molar-refractivity contribution < 1.29 is 0 Å². The lowest BCUT2D eigenvalue weighted by molar-refractivity contribution is 0.239. The van der Waals surface area contributed by atoms with Crippen LogP contribution in [-0.4, -0.2) is 12.6 Å². The van der Waals surface area contributed by atoms with E-state index in [1.165, 1.54) is 24.8 Å². The zero-order chi connectivity index (χ0) is 14.9. The lowest BCUT2D eigenvalue weighted by Gasteiger charge is -2.41. The molecule has 1 heterocycles. The van der Waals surface area contributed by atoms with E-state index in [1.807, 2.05) is 12.1 Å². The normalized spacial score (nSPS) is 27.0. The van der Waals surface area contributed by atoms with E-state index < -0.39 is 0 Å². The molecule has 2 heteroatoms. The number of halogens is 1. The van der Waals surface area contributed by atoms with Crippen molar-refractivity contribution in [3.8, 4) is 0 Å². The Kier molecular flexibility index (Phi) is 3.94. The van der Waals surface area contributed by atoms with E-state index >= 15 is 0 Å². The zero-order valence-electron chi connectivity index (χ0n) is 12.8. The van der Waals surface area contributed by atoms with Gasteiger partial charge in [-0.1, -0.05) is 48.0 Å². The Morgan fingerprint density at radius 1 is 1.05 bits per heavy atom. The summed E-state index contributed by atoms with van der Waals surface area (Å²) >= 11 is 5.98. The van der Waals surface area contributed by atoms with Crippen molar-refractivity contribution in [2.45, 2.75) is 37.6 Å². The highest BCUT2D eigenvalue weighted by Gasteiger charge is 2.34. The van der Waals surface area contributed by atoms with E-state index in [2.05, 4.69) is 41.7 Å². The van der Waals surface area contributed by atoms with Crippen LogP contribution in [0.3, 0.4) is 0 Å². The van der Waals surface area contributed by atoms with Crippen LogP contribution in [0.25, 0.3) is 0 Å². The first kappa shape index (κ1) is 14.3. The third kappa shape index (κ3) is 2.80. The summed E-state index contributed by atoms with van der Waals surface area (Å²) in [6.45, 7) is 1.12. The van der Waals surface area contributed by atoms with Gasteiger partial charge in [0.05, 0.1) is 0 Å². The first-order valence-electron chi connectivity index (χ1n) is 8.35. The first-order chi connectivity index (χ1) is 10.8. The molecule has 1 nitrogen and oxygen atoms in total. The molecular formula is C20H22ClN. The van der Waals surface area contributed by atoms with Gasteiger partial charge in [0.2, 0.25) is 0 Å². The number of nitrogens with one attached hydrogen (secondary N) is 1. The predicted octanol–water partition coefficient (Wildman–Crippen LogP) is 4.59. The largest absolute Gasteiger partial charge is 0.313 e. The fourth-order valence-corrected chi connectivity index (χ4v) is 4.41. The third-order valence-corrected chi connectivity index (χ3v) is 5.67. The number of fused-ring (bicyclic) bond motifs is 3. The SMILES string of the molecule is Clc1ccc(CC2CC3CCc4ccccc4C3CN2)cc1. The fourth-order valence-electron chi connectivity index (χ4n) is 4.28. The average Bonchev–Trinajstić information content (AvgIpc) is 2.57. The minimum atomic E-state index is 0.604. The second-order valence-corrected chi connectivity index (χ2v) is 7.21. The Morgan fingerprint density at radius 3 is 2.73 bits per heavy atom. The minimum Gasteiger partial charge on any atom is -0.313 e. The second-order valence-electron chi connectivity index (χ2n) is 6.78. The molecule has 0 saturated carbocycles. The van der Waals surface area contributed by atoms with E-state index in [9.17, 15) is 0 Å². The van der Waals surface area contributed by atoms with Crippen LogP contribution in [0.5, 0.6) is 0 Å². The van der Waals surface area contributed by atoms with Crippen LogP contribution < -0.4 is 5.32 Å². The minimum absolute atomic E-state index is 0.604. The Morgan fingerprint density at radius 2 is 1.86 bits per heavy atom. The maximum atomic E-state index is 5.98. The predicted molar refractivity (Wildman–Crippen MR) is 92.6 cm³/mol. The molecule has 1 N–H and O–H groups in total. The van der Waals surface area contributed by atoms with Crippen molar-refractivity contribution in [1.29, 1.82) is 0 Å². The smallest absolute Gasteiger partial charge is 0.0406 e. The van der Waals surface area contributed by atoms with Gasteiger partial charge in [0.25, 0.3) is 0 Å². The first-order valence-corrected chi connectivity index (χ1v) is 8.73. The summed E-state index contributed by atoms with van der Waals surface area (Å²) in [6.07, 6.45) is 5.01. The quantitative estimate of drug-likeness (QED) is 0.855. The van der Waals surface area contributed by atoms with Gasteiger partial charge in [0, 0.05) is 17.6 Å². The number of aryl methyl sites for hydroxylation is 1. The molecule has 22 heavy (non-hydrogen) atoms. The molecule has 0 spiro atoms. The van der Waals surface area contributed by atoms with Gasteiger partial charge < -0.3 is 5.32 Å². The van der Waals surface area contributed by atoms with Crippen molar-refractivity contribution in [2.75, 3.05) is 6.54 Å². The number of hydrogen-bond acceptors (Lipinski definition) is 1. The number of hydrogen-bond donors (Lipinski definition) is 1. The second kappa shape index (κ2) is 6.06. The van der Waals surface area contributed by atoms with Gasteiger partial charge in [-0.2, -0.15) is 0 Å². The molecule has 2 aliphatic rings. The van der Waals surface area contributed by atoms with Crippen molar-refractivity contribution in [1.82, 2.24) is 5.32 Å². The molecule has 1 aliphatic carbocycles. The summed E-state index contributed by atoms with van der Waals surface area (Å²) in [5.41, 5.74) is 4.55. The highest BCUT2D eigenvalue weighted by Crippen LogP contribution is 2.40. The number of rotatable bonds is 2. The van der Waals surface area contributed by atoms with E-state index in [0.29, 0.717) is 12.0 Å². The van der Waals surface area contributed by atoms with E-state index in [-0.39, 0.29) is 0 Å². The van der Waals surface area contributed by atoms with Gasteiger partial charge in [-0.05, 0) is 66.3 Å². The molecule has 4 rings (SSSR count). The van der Waals surface area contributed by atoms with Crippen LogP contribution in [0.1, 0.15) is 35.4 Å². The maximum absolute atomic E-state index is 5.98. The van der Waals surface area contributed by atoms with Crippen LogP contribution in [0.4, 0.5) is 0 Å². The Labute approximate surface area is 137 Å². The zero-order valence-corrected chi connectivity index (χ0v) is 13.5. The molecule has 1 fully saturated rings. The number of piperidine rings is 1. The van der Waals surface area contributed by atoms with Gasteiger partial charge >= 0.3 is 0 Å². The lowest BCUT2D eigenvalue weighted by atomic mass is 9.70. The van der Waals surface area contributed by atoms with Crippen LogP contribution in [0.15, 0.2) is 48.5 Å². The third-order valence-electron chi connectivity index (χ3n) is 5.42. The van der Waals surface area contributed by atoms with Crippen molar-refractivity contribution in [3.63, 3.8) is 0 Å². The van der Waals surface area contributed by atoms with E-state index in [0.717, 1.165) is 23.9 Å². The van der Waals surface area contributed by atoms with Crippen molar-refractivity contribution in [3.05, 3.63) is 70.2 Å². The molecule has 2 aromatic rings. The molecule has 3 unspecified atom stereocenters. The average molecular weight is 312 g/mol. The molecule has 1 saturated heterocycles. The molecule has 1 aliphatic heterocycles. The Bertz CT molecular complexity index is 649. The fraction of sp³-hybridized carbons (Fsp3) is 0.400. The topological polar surface area (TPSA) is 12.0 Å². The Hall–Kier alpha value is -1.31. The summed E-state index contributed by atoms with van der Waals surface area (Å²) in [4.78, 5) is 0. The molecule has 0 aromatic heterocycles. The summed E-state index contributed by atoms with van der Waals surface area (Å²) in [5, 5.41) is 4.61. The van der Waals surface area contributed by atoms with Crippen LogP contribution in [0, 0.1) is 5.92 Å². The summed E-state index contributed by atoms with van der Waals surface area (Å²) < 4.78 is 0. The van der Waals surface area contributed by atoms with Crippen molar-refractivity contribution in [2.24, 2.45) is 5.92 Å². The highest BCUT2D eigenvalue weighted by atomic mass is 35.5. The van der Waals surface area contributed by atoms with Crippen LogP contribution in [0.2, 0.25) is 5.02 Å². The summed E-state index contributed by atoms with van der Waals surface area (Å²) in [5.74, 6) is 1.56. The summed E-state index contributed by atoms with van der Waals surface area (Å²) in [6, 6.07) is 17.9.